The molecule has 0 aliphatic rings. The summed E-state index contributed by atoms with van der Waals surface area (Å²) in [6.45, 7) is 1.70. The number of nitrogens with one attached hydrogen (secondary N) is 2. The topological polar surface area (TPSA) is 113 Å². The Labute approximate surface area is 227 Å². The van der Waals surface area contributed by atoms with Crippen molar-refractivity contribution < 1.29 is 26.0 Å². The van der Waals surface area contributed by atoms with Crippen LogP contribution in [0.5, 0.6) is 0 Å². The normalized spacial score (nSPS) is 11.6. The second-order valence-corrected chi connectivity index (χ2v) is 12.4. The van der Waals surface area contributed by atoms with Crippen molar-refractivity contribution in [2.24, 2.45) is 0 Å². The van der Waals surface area contributed by atoms with Gasteiger partial charge in [0.15, 0.2) is 0 Å². The molecule has 0 fully saturated rings. The van der Waals surface area contributed by atoms with Gasteiger partial charge in [0.25, 0.3) is 15.9 Å². The van der Waals surface area contributed by atoms with Gasteiger partial charge in [-0.1, -0.05) is 35.9 Å². The molecule has 0 radical (unpaired) electrons. The van der Waals surface area contributed by atoms with Crippen LogP contribution in [0.3, 0.4) is 0 Å². The summed E-state index contributed by atoms with van der Waals surface area (Å²) in [5.74, 6) is -0.998. The highest BCUT2D eigenvalue weighted by atomic mass is 32.2. The standard InChI is InChI=1S/C28H26FN3O5S2/c1-20-7-11-24(12-8-20)31-39(36,37)26-17-13-23(14-18-26)30-28(33)21-9-15-25(16-10-21)32(38(2,34)35)19-22-5-3-4-6-27(22)29/h3-18,31H,19H2,1-2H3,(H,30,33). The number of hydrogen-bond donors (Lipinski definition) is 2. The summed E-state index contributed by atoms with van der Waals surface area (Å²) in [6.07, 6.45) is 1.02. The van der Waals surface area contributed by atoms with E-state index in [0.717, 1.165) is 16.1 Å². The molecule has 0 aromatic heterocycles. The molecule has 0 bridgehead atoms. The molecule has 0 unspecified atom stereocenters. The molecule has 1 amide bonds. The van der Waals surface area contributed by atoms with Gasteiger partial charge in [0.2, 0.25) is 10.0 Å². The van der Waals surface area contributed by atoms with Crippen LogP contribution in [0.1, 0.15) is 21.5 Å². The van der Waals surface area contributed by atoms with Crippen LogP contribution in [0.15, 0.2) is 102 Å². The van der Waals surface area contributed by atoms with Gasteiger partial charge < -0.3 is 5.32 Å². The third-order valence-corrected chi connectivity index (χ3v) is 8.35. The second-order valence-electron chi connectivity index (χ2n) is 8.86. The number of rotatable bonds is 9. The average molecular weight is 568 g/mol. The minimum atomic E-state index is -3.81. The number of hydrogen-bond acceptors (Lipinski definition) is 5. The van der Waals surface area contributed by atoms with Crippen molar-refractivity contribution in [1.82, 2.24) is 0 Å². The quantitative estimate of drug-likeness (QED) is 0.290. The van der Waals surface area contributed by atoms with Gasteiger partial charge in [0, 0.05) is 22.5 Å². The summed E-state index contributed by atoms with van der Waals surface area (Å²) in [5, 5.41) is 2.68. The number of nitrogens with zero attached hydrogens (tertiary/aromatic N) is 1. The van der Waals surface area contributed by atoms with E-state index in [1.165, 1.54) is 66.7 Å². The van der Waals surface area contributed by atoms with Crippen LogP contribution in [-0.4, -0.2) is 29.0 Å². The first-order valence-corrected chi connectivity index (χ1v) is 15.1. The van der Waals surface area contributed by atoms with E-state index in [4.69, 9.17) is 0 Å². The van der Waals surface area contributed by atoms with Gasteiger partial charge in [0.05, 0.1) is 23.4 Å². The maximum Gasteiger partial charge on any atom is 0.261 e. The zero-order valence-corrected chi connectivity index (χ0v) is 22.8. The Balaban J connectivity index is 1.45. The van der Waals surface area contributed by atoms with E-state index < -0.39 is 31.8 Å². The maximum atomic E-state index is 14.1. The number of carbonyl (C=O) groups excluding carboxylic acids is 1. The number of sulfonamides is 2. The summed E-state index contributed by atoms with van der Waals surface area (Å²) in [4.78, 5) is 12.8. The van der Waals surface area contributed by atoms with Crippen LogP contribution in [0.4, 0.5) is 21.5 Å². The van der Waals surface area contributed by atoms with Crippen molar-refractivity contribution in [3.05, 3.63) is 120 Å². The third-order valence-electron chi connectivity index (χ3n) is 5.82. The summed E-state index contributed by atoms with van der Waals surface area (Å²) >= 11 is 0. The molecule has 0 heterocycles. The van der Waals surface area contributed by atoms with Gasteiger partial charge in [-0.3, -0.25) is 13.8 Å². The lowest BCUT2D eigenvalue weighted by atomic mass is 10.1. The largest absolute Gasteiger partial charge is 0.322 e. The van der Waals surface area contributed by atoms with E-state index in [2.05, 4.69) is 10.0 Å². The lowest BCUT2D eigenvalue weighted by molar-refractivity contribution is 0.102. The first-order chi connectivity index (χ1) is 18.4. The highest BCUT2D eigenvalue weighted by Gasteiger charge is 2.20. The van der Waals surface area contributed by atoms with Gasteiger partial charge >= 0.3 is 0 Å². The lowest BCUT2D eigenvalue weighted by Crippen LogP contribution is -2.29. The maximum absolute atomic E-state index is 14.1. The number of halogens is 1. The Morgan fingerprint density at radius 3 is 1.97 bits per heavy atom. The van der Waals surface area contributed by atoms with Crippen molar-refractivity contribution in [2.75, 3.05) is 20.6 Å². The lowest BCUT2D eigenvalue weighted by Gasteiger charge is -2.23. The van der Waals surface area contributed by atoms with Crippen molar-refractivity contribution in [1.29, 1.82) is 0 Å². The van der Waals surface area contributed by atoms with Crippen molar-refractivity contribution in [3.63, 3.8) is 0 Å². The molecule has 2 N–H and O–H groups in total. The van der Waals surface area contributed by atoms with E-state index in [9.17, 15) is 26.0 Å². The van der Waals surface area contributed by atoms with Crippen molar-refractivity contribution >= 4 is 43.0 Å². The predicted molar refractivity (Wildman–Crippen MR) is 150 cm³/mol. The minimum absolute atomic E-state index is 0.0288. The number of carbonyl (C=O) groups is 1. The molecule has 0 spiro atoms. The van der Waals surface area contributed by atoms with Gasteiger partial charge in [-0.25, -0.2) is 21.2 Å². The van der Waals surface area contributed by atoms with E-state index >= 15 is 0 Å². The number of benzene rings is 4. The second kappa shape index (κ2) is 11.3. The Kier molecular flexibility index (Phi) is 8.03. The Morgan fingerprint density at radius 1 is 0.795 bits per heavy atom. The molecular formula is C28H26FN3O5S2. The van der Waals surface area contributed by atoms with Crippen molar-refractivity contribution in [2.45, 2.75) is 18.4 Å². The molecule has 4 aromatic carbocycles. The fraction of sp³-hybridized carbons (Fsp3) is 0.107. The number of amides is 1. The van der Waals surface area contributed by atoms with Gasteiger partial charge in [-0.05, 0) is 73.7 Å². The monoisotopic (exact) mass is 567 g/mol. The molecule has 0 aliphatic heterocycles. The van der Waals surface area contributed by atoms with Crippen LogP contribution in [-0.2, 0) is 26.6 Å². The first kappa shape index (κ1) is 27.8. The number of anilines is 3. The van der Waals surface area contributed by atoms with Crippen molar-refractivity contribution in [3.8, 4) is 0 Å². The molecule has 0 atom stereocenters. The molecule has 0 saturated carbocycles. The molecule has 11 heteroatoms. The Morgan fingerprint density at radius 2 is 1.38 bits per heavy atom. The van der Waals surface area contributed by atoms with Crippen LogP contribution in [0, 0.1) is 12.7 Å². The fourth-order valence-corrected chi connectivity index (χ4v) is 5.65. The highest BCUT2D eigenvalue weighted by Crippen LogP contribution is 2.23. The van der Waals surface area contributed by atoms with Gasteiger partial charge in [-0.15, -0.1) is 0 Å². The summed E-state index contributed by atoms with van der Waals surface area (Å²) in [5.41, 5.74) is 2.54. The minimum Gasteiger partial charge on any atom is -0.322 e. The SMILES string of the molecule is Cc1ccc(NS(=O)(=O)c2ccc(NC(=O)c3ccc(N(Cc4ccccc4F)S(C)(=O)=O)cc3)cc2)cc1. The number of aryl methyl sites for hydroxylation is 1. The van der Waals surface area contributed by atoms with E-state index in [-0.39, 0.29) is 28.3 Å². The van der Waals surface area contributed by atoms with Gasteiger partial charge in [0.1, 0.15) is 5.82 Å². The summed E-state index contributed by atoms with van der Waals surface area (Å²) in [7, 11) is -7.55. The molecule has 4 rings (SSSR count). The Hall–Kier alpha value is -4.22. The molecule has 39 heavy (non-hydrogen) atoms. The van der Waals surface area contributed by atoms with Crippen LogP contribution in [0.2, 0.25) is 0 Å². The van der Waals surface area contributed by atoms with Crippen LogP contribution >= 0.6 is 0 Å². The van der Waals surface area contributed by atoms with E-state index in [0.29, 0.717) is 11.4 Å². The molecule has 0 aliphatic carbocycles. The zero-order chi connectivity index (χ0) is 28.2. The smallest absolute Gasteiger partial charge is 0.261 e. The van der Waals surface area contributed by atoms with E-state index in [1.807, 2.05) is 6.92 Å². The molecule has 4 aromatic rings. The molecule has 202 valence electrons. The van der Waals surface area contributed by atoms with Gasteiger partial charge in [-0.2, -0.15) is 0 Å². The average Bonchev–Trinajstić information content (AvgIpc) is 2.89. The molecule has 8 nitrogen and oxygen atoms in total. The third kappa shape index (κ3) is 7.01. The molecular weight excluding hydrogens is 541 g/mol. The predicted octanol–water partition coefficient (Wildman–Crippen LogP) is 5.15. The van der Waals surface area contributed by atoms with E-state index in [1.54, 1.807) is 30.3 Å². The summed E-state index contributed by atoms with van der Waals surface area (Å²) < 4.78 is 67.8. The zero-order valence-electron chi connectivity index (χ0n) is 21.1. The highest BCUT2D eigenvalue weighted by molar-refractivity contribution is 7.92. The summed E-state index contributed by atoms with van der Waals surface area (Å²) in [6, 6.07) is 24.3. The first-order valence-electron chi connectivity index (χ1n) is 11.7. The molecule has 0 saturated heterocycles. The van der Waals surface area contributed by atoms with Crippen LogP contribution in [0.25, 0.3) is 0 Å². The fourth-order valence-electron chi connectivity index (χ4n) is 3.72. The Bertz CT molecular complexity index is 1690. The van der Waals surface area contributed by atoms with Crippen LogP contribution < -0.4 is 14.3 Å².